The molecule has 1 aromatic rings. The van der Waals surface area contributed by atoms with E-state index in [1.165, 1.54) is 14.2 Å². The van der Waals surface area contributed by atoms with Gasteiger partial charge in [-0.2, -0.15) is 0 Å². The number of ether oxygens (including phenoxy) is 2. The third kappa shape index (κ3) is 2.09. The van der Waals surface area contributed by atoms with Gasteiger partial charge >= 0.3 is 11.9 Å². The third-order valence-electron chi connectivity index (χ3n) is 3.79. The van der Waals surface area contributed by atoms with Crippen molar-refractivity contribution in [2.24, 2.45) is 5.41 Å². The summed E-state index contributed by atoms with van der Waals surface area (Å²) < 4.78 is 9.49. The lowest BCUT2D eigenvalue weighted by atomic mass is 9.94. The number of carbonyl (C=O) groups excluding carboxylic acids is 3. The van der Waals surface area contributed by atoms with E-state index in [2.05, 4.69) is 0 Å². The topological polar surface area (TPSA) is 69.7 Å². The summed E-state index contributed by atoms with van der Waals surface area (Å²) in [4.78, 5) is 34.6. The second kappa shape index (κ2) is 5.45. The fourth-order valence-electron chi connectivity index (χ4n) is 2.69. The van der Waals surface area contributed by atoms with Gasteiger partial charge in [0.2, 0.25) is 0 Å². The minimum absolute atomic E-state index is 0.255. The van der Waals surface area contributed by atoms with E-state index in [-0.39, 0.29) is 12.3 Å². The second-order valence-electron chi connectivity index (χ2n) is 4.78. The van der Waals surface area contributed by atoms with Crippen molar-refractivity contribution in [3.05, 3.63) is 35.4 Å². The Morgan fingerprint density at radius 2 is 1.85 bits per heavy atom. The number of hydrogen-bond donors (Lipinski definition) is 0. The Morgan fingerprint density at radius 3 is 2.40 bits per heavy atom. The van der Waals surface area contributed by atoms with Crippen molar-refractivity contribution in [3.8, 4) is 0 Å². The SMILES string of the molecule is COC(=O)C1(C(=O)OC)CC1c1ccccc1CC=O. The van der Waals surface area contributed by atoms with Gasteiger partial charge in [-0.25, -0.2) is 0 Å². The Balaban J connectivity index is 2.38. The van der Waals surface area contributed by atoms with Crippen LogP contribution in [0, 0.1) is 5.41 Å². The standard InChI is InChI=1S/C15H16O5/c1-19-13(17)15(14(18)20-2)9-12(15)11-6-4-3-5-10(11)7-8-16/h3-6,8,12H,7,9H2,1-2H3. The summed E-state index contributed by atoms with van der Waals surface area (Å²) in [6.45, 7) is 0. The van der Waals surface area contributed by atoms with Crippen LogP contribution in [0.4, 0.5) is 0 Å². The molecule has 0 bridgehead atoms. The lowest BCUT2D eigenvalue weighted by molar-refractivity contribution is -0.161. The molecule has 0 saturated heterocycles. The molecule has 1 fully saturated rings. The quantitative estimate of drug-likeness (QED) is 0.460. The van der Waals surface area contributed by atoms with Crippen molar-refractivity contribution in [1.29, 1.82) is 0 Å². The van der Waals surface area contributed by atoms with E-state index < -0.39 is 17.4 Å². The summed E-state index contributed by atoms with van der Waals surface area (Å²) >= 11 is 0. The monoisotopic (exact) mass is 276 g/mol. The molecule has 0 N–H and O–H groups in total. The van der Waals surface area contributed by atoms with Gasteiger partial charge in [0, 0.05) is 12.3 Å². The van der Waals surface area contributed by atoms with E-state index in [0.717, 1.165) is 17.4 Å². The van der Waals surface area contributed by atoms with Gasteiger partial charge in [-0.05, 0) is 17.5 Å². The van der Waals surface area contributed by atoms with Gasteiger partial charge in [0.1, 0.15) is 6.29 Å². The van der Waals surface area contributed by atoms with E-state index in [9.17, 15) is 14.4 Å². The summed E-state index contributed by atoms with van der Waals surface area (Å²) in [5.74, 6) is -1.47. The molecule has 1 aliphatic carbocycles. The normalized spacial score (nSPS) is 19.0. The van der Waals surface area contributed by atoms with Crippen LogP contribution in [0.3, 0.4) is 0 Å². The Hall–Kier alpha value is -2.17. The first kappa shape index (κ1) is 14.2. The van der Waals surface area contributed by atoms with E-state index in [1.54, 1.807) is 0 Å². The lowest BCUT2D eigenvalue weighted by Crippen LogP contribution is -2.30. The van der Waals surface area contributed by atoms with Gasteiger partial charge in [-0.1, -0.05) is 24.3 Å². The minimum atomic E-state index is -1.26. The third-order valence-corrected chi connectivity index (χ3v) is 3.79. The summed E-state index contributed by atoms with van der Waals surface area (Å²) in [7, 11) is 2.50. The number of esters is 2. The summed E-state index contributed by atoms with van der Waals surface area (Å²) in [5, 5.41) is 0. The van der Waals surface area contributed by atoms with E-state index in [1.807, 2.05) is 24.3 Å². The zero-order valence-electron chi connectivity index (χ0n) is 11.4. The average molecular weight is 276 g/mol. The molecular formula is C15H16O5. The Kier molecular flexibility index (Phi) is 3.88. The highest BCUT2D eigenvalue weighted by Gasteiger charge is 2.68. The highest BCUT2D eigenvalue weighted by Crippen LogP contribution is 2.61. The molecule has 0 heterocycles. The zero-order chi connectivity index (χ0) is 14.8. The Labute approximate surface area is 116 Å². The van der Waals surface area contributed by atoms with E-state index in [0.29, 0.717) is 6.42 Å². The minimum Gasteiger partial charge on any atom is -0.468 e. The Morgan fingerprint density at radius 1 is 1.25 bits per heavy atom. The molecule has 1 saturated carbocycles. The predicted molar refractivity (Wildman–Crippen MR) is 70.0 cm³/mol. The molecule has 0 spiro atoms. The van der Waals surface area contributed by atoms with Crippen LogP contribution in [0.1, 0.15) is 23.5 Å². The summed E-state index contributed by atoms with van der Waals surface area (Å²) in [6.07, 6.45) is 1.41. The molecule has 0 aromatic heterocycles. The molecule has 1 aromatic carbocycles. The van der Waals surface area contributed by atoms with Gasteiger partial charge in [0.15, 0.2) is 5.41 Å². The molecule has 20 heavy (non-hydrogen) atoms. The fraction of sp³-hybridized carbons (Fsp3) is 0.400. The Bertz CT molecular complexity index is 533. The number of aldehydes is 1. The van der Waals surface area contributed by atoms with Crippen molar-refractivity contribution in [2.45, 2.75) is 18.8 Å². The smallest absolute Gasteiger partial charge is 0.323 e. The average Bonchev–Trinajstić information content (AvgIpc) is 3.23. The van der Waals surface area contributed by atoms with Crippen molar-refractivity contribution >= 4 is 18.2 Å². The van der Waals surface area contributed by atoms with Crippen LogP contribution in [-0.2, 0) is 30.3 Å². The van der Waals surface area contributed by atoms with E-state index in [4.69, 9.17) is 9.47 Å². The van der Waals surface area contributed by atoms with Crippen LogP contribution in [0.25, 0.3) is 0 Å². The predicted octanol–water partition coefficient (Wildman–Crippen LogP) is 1.25. The maximum Gasteiger partial charge on any atom is 0.323 e. The zero-order valence-corrected chi connectivity index (χ0v) is 11.4. The number of benzene rings is 1. The lowest BCUT2D eigenvalue weighted by Gasteiger charge is -2.14. The number of hydrogen-bond acceptors (Lipinski definition) is 5. The van der Waals surface area contributed by atoms with Crippen molar-refractivity contribution in [2.75, 3.05) is 14.2 Å². The number of rotatable bonds is 5. The molecule has 1 aliphatic rings. The molecule has 0 radical (unpaired) electrons. The van der Waals surface area contributed by atoms with Crippen LogP contribution < -0.4 is 0 Å². The van der Waals surface area contributed by atoms with Gasteiger partial charge in [0.05, 0.1) is 14.2 Å². The molecule has 5 nitrogen and oxygen atoms in total. The molecule has 0 aliphatic heterocycles. The first-order valence-electron chi connectivity index (χ1n) is 6.30. The molecule has 106 valence electrons. The highest BCUT2D eigenvalue weighted by atomic mass is 16.5. The maximum absolute atomic E-state index is 12.0. The van der Waals surface area contributed by atoms with Crippen LogP contribution in [0.5, 0.6) is 0 Å². The van der Waals surface area contributed by atoms with E-state index >= 15 is 0 Å². The first-order valence-corrected chi connectivity index (χ1v) is 6.30. The van der Waals surface area contributed by atoms with Gasteiger partial charge < -0.3 is 14.3 Å². The molecule has 0 amide bonds. The number of methoxy groups -OCH3 is 2. The fourth-order valence-corrected chi connectivity index (χ4v) is 2.69. The van der Waals surface area contributed by atoms with Crippen LogP contribution in [0.2, 0.25) is 0 Å². The second-order valence-corrected chi connectivity index (χ2v) is 4.78. The van der Waals surface area contributed by atoms with Gasteiger partial charge in [0.25, 0.3) is 0 Å². The number of carbonyl (C=O) groups is 3. The molecular weight excluding hydrogens is 260 g/mol. The van der Waals surface area contributed by atoms with Gasteiger partial charge in [-0.3, -0.25) is 9.59 Å². The van der Waals surface area contributed by atoms with Crippen molar-refractivity contribution in [3.63, 3.8) is 0 Å². The van der Waals surface area contributed by atoms with Crippen molar-refractivity contribution in [1.82, 2.24) is 0 Å². The highest BCUT2D eigenvalue weighted by molar-refractivity contribution is 6.05. The molecule has 2 rings (SSSR count). The van der Waals surface area contributed by atoms with Crippen LogP contribution in [0.15, 0.2) is 24.3 Å². The van der Waals surface area contributed by atoms with Crippen LogP contribution in [-0.4, -0.2) is 32.4 Å². The molecule has 5 heteroatoms. The molecule has 1 atom stereocenters. The summed E-state index contributed by atoms with van der Waals surface area (Å²) in [6, 6.07) is 7.29. The van der Waals surface area contributed by atoms with Crippen molar-refractivity contribution < 1.29 is 23.9 Å². The van der Waals surface area contributed by atoms with Crippen LogP contribution >= 0.6 is 0 Å². The first-order chi connectivity index (χ1) is 9.61. The largest absolute Gasteiger partial charge is 0.468 e. The summed E-state index contributed by atoms with van der Waals surface area (Å²) in [5.41, 5.74) is 0.389. The van der Waals surface area contributed by atoms with Gasteiger partial charge in [-0.15, -0.1) is 0 Å². The maximum atomic E-state index is 12.0. The molecule has 1 unspecified atom stereocenters.